The normalized spacial score (nSPS) is 31.9. The van der Waals surface area contributed by atoms with Crippen molar-refractivity contribution in [3.8, 4) is 0 Å². The molecule has 0 heteroatoms. The zero-order valence-corrected chi connectivity index (χ0v) is 12.3. The highest BCUT2D eigenvalue weighted by Crippen LogP contribution is 2.50. The van der Waals surface area contributed by atoms with Crippen LogP contribution in [-0.4, -0.2) is 0 Å². The molecule has 1 saturated carbocycles. The van der Waals surface area contributed by atoms with Crippen LogP contribution in [0.5, 0.6) is 0 Å². The summed E-state index contributed by atoms with van der Waals surface area (Å²) < 4.78 is 0. The second-order valence-corrected chi connectivity index (χ2v) is 6.51. The van der Waals surface area contributed by atoms with Crippen molar-refractivity contribution in [1.29, 1.82) is 0 Å². The third-order valence-corrected chi connectivity index (χ3v) is 5.37. The van der Waals surface area contributed by atoms with E-state index in [1.54, 1.807) is 0 Å². The quantitative estimate of drug-likeness (QED) is 0.545. The van der Waals surface area contributed by atoms with Gasteiger partial charge in [-0.1, -0.05) is 54.4 Å². The molecule has 16 heavy (non-hydrogen) atoms. The van der Waals surface area contributed by atoms with Crippen molar-refractivity contribution in [2.75, 3.05) is 0 Å². The molecule has 0 spiro atoms. The van der Waals surface area contributed by atoms with Crippen LogP contribution in [-0.2, 0) is 0 Å². The molecule has 1 aliphatic rings. The predicted molar refractivity (Wildman–Crippen MR) is 73.5 cm³/mol. The number of hydrogen-bond acceptors (Lipinski definition) is 0. The van der Waals surface area contributed by atoms with Gasteiger partial charge < -0.3 is 0 Å². The van der Waals surface area contributed by atoms with Crippen LogP contribution in [0.3, 0.4) is 0 Å². The molecule has 1 rings (SSSR count). The molecular weight excluding hydrogens is 192 g/mol. The van der Waals surface area contributed by atoms with E-state index in [2.05, 4.69) is 41.5 Å². The Morgan fingerprint density at radius 3 is 2.12 bits per heavy atom. The molecule has 96 valence electrons. The molecular formula is C16H32. The van der Waals surface area contributed by atoms with E-state index in [-0.39, 0.29) is 0 Å². The fourth-order valence-electron chi connectivity index (χ4n) is 3.31. The molecule has 0 aromatic carbocycles. The molecule has 0 aromatic heterocycles. The summed E-state index contributed by atoms with van der Waals surface area (Å²) in [6, 6.07) is 0. The van der Waals surface area contributed by atoms with Crippen LogP contribution in [0.2, 0.25) is 0 Å². The molecule has 1 fully saturated rings. The fraction of sp³-hybridized carbons (Fsp3) is 1.00. The maximum absolute atomic E-state index is 2.50. The third-order valence-electron chi connectivity index (χ3n) is 5.37. The Morgan fingerprint density at radius 2 is 1.69 bits per heavy atom. The topological polar surface area (TPSA) is 0 Å². The molecule has 0 aliphatic heterocycles. The lowest BCUT2D eigenvalue weighted by atomic mass is 9.77. The lowest BCUT2D eigenvalue weighted by molar-refractivity contribution is 0.214. The van der Waals surface area contributed by atoms with E-state index in [4.69, 9.17) is 0 Å². The van der Waals surface area contributed by atoms with Gasteiger partial charge in [0.25, 0.3) is 0 Å². The van der Waals surface area contributed by atoms with Crippen LogP contribution in [0.1, 0.15) is 67.2 Å². The van der Waals surface area contributed by atoms with Crippen LogP contribution < -0.4 is 0 Å². The zero-order chi connectivity index (χ0) is 12.3. The van der Waals surface area contributed by atoms with Gasteiger partial charge >= 0.3 is 0 Å². The molecule has 0 nitrogen and oxygen atoms in total. The molecule has 0 bridgehead atoms. The average molecular weight is 224 g/mol. The first-order valence-electron chi connectivity index (χ1n) is 7.51. The Balaban J connectivity index is 2.35. The molecule has 6 atom stereocenters. The minimum atomic E-state index is 0.906. The Morgan fingerprint density at radius 1 is 1.06 bits per heavy atom. The van der Waals surface area contributed by atoms with E-state index in [0.29, 0.717) is 0 Å². The summed E-state index contributed by atoms with van der Waals surface area (Å²) in [5.74, 6) is 5.79. The highest BCUT2D eigenvalue weighted by Gasteiger charge is 2.41. The van der Waals surface area contributed by atoms with Crippen LogP contribution in [0.4, 0.5) is 0 Å². The number of rotatable bonds is 7. The predicted octanol–water partition coefficient (Wildman–Crippen LogP) is 5.38. The van der Waals surface area contributed by atoms with Crippen molar-refractivity contribution in [3.63, 3.8) is 0 Å². The second-order valence-electron chi connectivity index (χ2n) is 6.51. The Labute approximate surface area is 103 Å². The lowest BCUT2D eigenvalue weighted by Gasteiger charge is -2.28. The third kappa shape index (κ3) is 3.50. The highest BCUT2D eigenvalue weighted by atomic mass is 14.5. The monoisotopic (exact) mass is 224 g/mol. The molecule has 6 unspecified atom stereocenters. The average Bonchev–Trinajstić information content (AvgIpc) is 3.05. The minimum absolute atomic E-state index is 0.906. The van der Waals surface area contributed by atoms with Gasteiger partial charge in [-0.15, -0.1) is 0 Å². The van der Waals surface area contributed by atoms with Gasteiger partial charge in [-0.3, -0.25) is 0 Å². The summed E-state index contributed by atoms with van der Waals surface area (Å²) in [6.07, 6.45) is 5.68. The van der Waals surface area contributed by atoms with Crippen LogP contribution in [0.25, 0.3) is 0 Å². The van der Waals surface area contributed by atoms with Crippen molar-refractivity contribution in [3.05, 3.63) is 0 Å². The summed E-state index contributed by atoms with van der Waals surface area (Å²) in [7, 11) is 0. The van der Waals surface area contributed by atoms with Crippen molar-refractivity contribution in [2.45, 2.75) is 67.2 Å². The summed E-state index contributed by atoms with van der Waals surface area (Å²) in [4.78, 5) is 0. The maximum atomic E-state index is 2.50. The maximum Gasteiger partial charge on any atom is -0.0355 e. The zero-order valence-electron chi connectivity index (χ0n) is 12.3. The van der Waals surface area contributed by atoms with Gasteiger partial charge in [-0.05, 0) is 48.3 Å². The SMILES string of the molecule is CCC(C)CC(C)C(C)C(C)C1CC1CC. The minimum Gasteiger partial charge on any atom is -0.0651 e. The van der Waals surface area contributed by atoms with Gasteiger partial charge in [0, 0.05) is 0 Å². The molecule has 0 heterocycles. The number of hydrogen-bond donors (Lipinski definition) is 0. The lowest BCUT2D eigenvalue weighted by Crippen LogP contribution is -2.20. The standard InChI is InChI=1S/C16H32/c1-7-11(3)9-12(4)13(5)14(6)16-10-15(16)8-2/h11-16H,7-10H2,1-6H3. The van der Waals surface area contributed by atoms with E-state index in [9.17, 15) is 0 Å². The van der Waals surface area contributed by atoms with Gasteiger partial charge in [0.15, 0.2) is 0 Å². The van der Waals surface area contributed by atoms with Gasteiger partial charge in [0.2, 0.25) is 0 Å². The Bertz CT molecular complexity index is 196. The molecule has 1 aliphatic carbocycles. The van der Waals surface area contributed by atoms with Crippen LogP contribution in [0.15, 0.2) is 0 Å². The van der Waals surface area contributed by atoms with Crippen molar-refractivity contribution in [1.82, 2.24) is 0 Å². The highest BCUT2D eigenvalue weighted by molar-refractivity contribution is 4.91. The van der Waals surface area contributed by atoms with Gasteiger partial charge in [-0.2, -0.15) is 0 Å². The largest absolute Gasteiger partial charge is 0.0651 e. The Hall–Kier alpha value is 0. The smallest absolute Gasteiger partial charge is 0.0355 e. The van der Waals surface area contributed by atoms with Crippen molar-refractivity contribution < 1.29 is 0 Å². The summed E-state index contributed by atoms with van der Waals surface area (Å²) >= 11 is 0. The van der Waals surface area contributed by atoms with E-state index in [1.807, 2.05) is 0 Å². The van der Waals surface area contributed by atoms with Gasteiger partial charge in [0.1, 0.15) is 0 Å². The Kier molecular flexibility index (Phi) is 5.34. The second kappa shape index (κ2) is 6.07. The molecule has 0 N–H and O–H groups in total. The van der Waals surface area contributed by atoms with Gasteiger partial charge in [0.05, 0.1) is 0 Å². The molecule has 0 amide bonds. The molecule has 0 aromatic rings. The summed E-state index contributed by atoms with van der Waals surface area (Å²) in [6.45, 7) is 14.5. The first-order chi connectivity index (χ1) is 7.51. The van der Waals surface area contributed by atoms with Gasteiger partial charge in [-0.25, -0.2) is 0 Å². The first-order valence-corrected chi connectivity index (χ1v) is 7.51. The van der Waals surface area contributed by atoms with Crippen molar-refractivity contribution in [2.24, 2.45) is 35.5 Å². The summed E-state index contributed by atoms with van der Waals surface area (Å²) in [5.41, 5.74) is 0. The van der Waals surface area contributed by atoms with E-state index in [1.165, 1.54) is 25.7 Å². The van der Waals surface area contributed by atoms with E-state index < -0.39 is 0 Å². The van der Waals surface area contributed by atoms with Crippen LogP contribution >= 0.6 is 0 Å². The summed E-state index contributed by atoms with van der Waals surface area (Å²) in [5, 5.41) is 0. The van der Waals surface area contributed by atoms with Crippen LogP contribution in [0, 0.1) is 35.5 Å². The molecule has 0 saturated heterocycles. The van der Waals surface area contributed by atoms with E-state index in [0.717, 1.165) is 35.5 Å². The van der Waals surface area contributed by atoms with Crippen molar-refractivity contribution >= 4 is 0 Å². The first kappa shape index (κ1) is 14.1. The molecule has 0 radical (unpaired) electrons. The fourth-order valence-corrected chi connectivity index (χ4v) is 3.31. The van der Waals surface area contributed by atoms with E-state index >= 15 is 0 Å².